The van der Waals surface area contributed by atoms with Crippen molar-refractivity contribution in [2.45, 2.75) is 83.2 Å². The highest BCUT2D eigenvalue weighted by Crippen LogP contribution is 2.40. The van der Waals surface area contributed by atoms with Gasteiger partial charge in [-0.3, -0.25) is 34.2 Å². The van der Waals surface area contributed by atoms with Gasteiger partial charge in [-0.05, 0) is 42.8 Å². The van der Waals surface area contributed by atoms with Crippen LogP contribution in [0.5, 0.6) is 0 Å². The molecule has 2 saturated heterocycles. The van der Waals surface area contributed by atoms with E-state index in [9.17, 15) is 34.1 Å². The Balaban J connectivity index is 1.53. The number of nitro benzene ring substituents is 1. The number of benzene rings is 1. The number of thioether (sulfide) groups is 1. The summed E-state index contributed by atoms with van der Waals surface area (Å²) in [5, 5.41) is 12.8. The lowest BCUT2D eigenvalue weighted by atomic mass is 9.79. The number of hydrogen-bond acceptors (Lipinski definition) is 10. The van der Waals surface area contributed by atoms with E-state index in [1.54, 1.807) is 6.92 Å². The molecule has 5 atom stereocenters. The van der Waals surface area contributed by atoms with Crippen LogP contribution in [0.2, 0.25) is 18.1 Å². The molecule has 0 unspecified atom stereocenters. The summed E-state index contributed by atoms with van der Waals surface area (Å²) in [6.45, 7) is 13.7. The number of amides is 3. The van der Waals surface area contributed by atoms with Gasteiger partial charge in [-0.1, -0.05) is 39.5 Å². The van der Waals surface area contributed by atoms with E-state index in [2.05, 4.69) is 39.2 Å². The van der Waals surface area contributed by atoms with Crippen molar-refractivity contribution < 1.29 is 38.1 Å². The molecular formula is C27H37N3O9SSi. The molecule has 3 rings (SSSR count). The summed E-state index contributed by atoms with van der Waals surface area (Å²) in [4.78, 5) is 73.9. The molecule has 12 nitrogen and oxygen atoms in total. The van der Waals surface area contributed by atoms with Crippen LogP contribution in [0.4, 0.5) is 5.69 Å². The predicted octanol–water partition coefficient (Wildman–Crippen LogP) is 3.19. The van der Waals surface area contributed by atoms with Gasteiger partial charge in [0.2, 0.25) is 11.8 Å². The Morgan fingerprint density at radius 3 is 2.32 bits per heavy atom. The van der Waals surface area contributed by atoms with Crippen molar-refractivity contribution in [3.05, 3.63) is 39.9 Å². The van der Waals surface area contributed by atoms with E-state index < -0.39 is 54.2 Å². The van der Waals surface area contributed by atoms with Crippen LogP contribution in [0.25, 0.3) is 0 Å². The molecule has 224 valence electrons. The fourth-order valence-electron chi connectivity index (χ4n) is 4.48. The smallest absolute Gasteiger partial charge is 0.397 e. The SMILES string of the molecule is C[C@@H](O[Si](C)(C)C(C)(C)C)[C@H]1C(=O)N[C@@H]1[C@@H](C)C(=O)S[C@@H]1CC(=O)N(C(=O)C(=O)OCc2ccc([N+](=O)[O-])cc2)C1. The zero-order valence-electron chi connectivity index (χ0n) is 24.3. The molecule has 14 heteroatoms. The molecule has 0 aliphatic carbocycles. The number of carbonyl (C=O) groups is 5. The Bertz CT molecular complexity index is 1230. The van der Waals surface area contributed by atoms with Gasteiger partial charge in [0, 0.05) is 36.3 Å². The monoisotopic (exact) mass is 607 g/mol. The standard InChI is InChI=1S/C27H37N3O9SSi/c1-15(22-21(23(32)28-22)16(2)39-41(6,7)27(3,4)5)26(35)40-19-12-20(31)29(13-19)24(33)25(34)38-14-17-8-10-18(11-9-17)30(36)37/h8-11,15-16,19,21-22H,12-14H2,1-7H3,(H,28,32)/t15-,16-,19-,21-,22-/m1/s1. The number of non-ortho nitro benzene ring substituents is 1. The second-order valence-electron chi connectivity index (χ2n) is 12.0. The molecule has 2 aliphatic rings. The van der Waals surface area contributed by atoms with Crippen LogP contribution < -0.4 is 5.32 Å². The molecule has 0 aromatic heterocycles. The fraction of sp³-hybridized carbons (Fsp3) is 0.593. The van der Waals surface area contributed by atoms with E-state index in [1.807, 2.05) is 6.92 Å². The van der Waals surface area contributed by atoms with Gasteiger partial charge >= 0.3 is 11.9 Å². The van der Waals surface area contributed by atoms with Crippen LogP contribution >= 0.6 is 11.8 Å². The number of nitro groups is 1. The molecule has 41 heavy (non-hydrogen) atoms. The van der Waals surface area contributed by atoms with E-state index in [4.69, 9.17) is 9.16 Å². The number of likely N-dealkylation sites (tertiary alicyclic amines) is 1. The van der Waals surface area contributed by atoms with Gasteiger partial charge in [0.1, 0.15) is 6.61 Å². The molecule has 0 spiro atoms. The number of ether oxygens (including phenoxy) is 1. The Morgan fingerprint density at radius 2 is 1.78 bits per heavy atom. The average Bonchev–Trinajstić information content (AvgIpc) is 3.23. The average molecular weight is 608 g/mol. The number of nitrogens with one attached hydrogen (secondary N) is 1. The molecule has 0 bridgehead atoms. The van der Waals surface area contributed by atoms with Crippen molar-refractivity contribution in [1.29, 1.82) is 0 Å². The predicted molar refractivity (Wildman–Crippen MR) is 153 cm³/mol. The molecule has 1 aromatic rings. The van der Waals surface area contributed by atoms with Crippen molar-refractivity contribution >= 4 is 54.6 Å². The summed E-state index contributed by atoms with van der Waals surface area (Å²) in [5.41, 5.74) is 0.304. The molecule has 1 aromatic carbocycles. The quantitative estimate of drug-likeness (QED) is 0.110. The van der Waals surface area contributed by atoms with Crippen molar-refractivity contribution in [1.82, 2.24) is 10.2 Å². The minimum atomic E-state index is -2.14. The van der Waals surface area contributed by atoms with Gasteiger partial charge in [0.25, 0.3) is 5.69 Å². The number of imide groups is 1. The summed E-state index contributed by atoms with van der Waals surface area (Å²) in [6, 6.07) is 4.87. The third-order valence-electron chi connectivity index (χ3n) is 8.01. The van der Waals surface area contributed by atoms with E-state index in [-0.39, 0.29) is 47.4 Å². The summed E-state index contributed by atoms with van der Waals surface area (Å²) in [6.07, 6.45) is -0.469. The van der Waals surface area contributed by atoms with Crippen LogP contribution in [0, 0.1) is 22.0 Å². The maximum atomic E-state index is 13.1. The first-order valence-corrected chi connectivity index (χ1v) is 17.1. The van der Waals surface area contributed by atoms with Gasteiger partial charge < -0.3 is 14.5 Å². The highest BCUT2D eigenvalue weighted by atomic mass is 32.2. The molecular weight excluding hydrogens is 570 g/mol. The Kier molecular flexibility index (Phi) is 9.81. The Hall–Kier alpha value is -3.10. The van der Waals surface area contributed by atoms with Crippen LogP contribution in [-0.4, -0.2) is 70.9 Å². The van der Waals surface area contributed by atoms with Crippen LogP contribution in [0.1, 0.15) is 46.6 Å². The summed E-state index contributed by atoms with van der Waals surface area (Å²) < 4.78 is 11.4. The lowest BCUT2D eigenvalue weighted by Gasteiger charge is -2.46. The van der Waals surface area contributed by atoms with E-state index in [0.717, 1.165) is 16.7 Å². The first-order valence-electron chi connectivity index (χ1n) is 13.4. The second kappa shape index (κ2) is 12.4. The molecule has 1 N–H and O–H groups in total. The second-order valence-corrected chi connectivity index (χ2v) is 18.1. The Labute approximate surface area is 244 Å². The molecule has 0 saturated carbocycles. The normalized spacial score (nSPS) is 22.4. The van der Waals surface area contributed by atoms with Crippen molar-refractivity contribution in [2.24, 2.45) is 11.8 Å². The fourth-order valence-corrected chi connectivity index (χ4v) is 7.04. The molecule has 2 fully saturated rings. The molecule has 2 heterocycles. The molecule has 0 radical (unpaired) electrons. The molecule has 2 aliphatic heterocycles. The highest BCUT2D eigenvalue weighted by molar-refractivity contribution is 8.14. The number of rotatable bonds is 9. The largest absolute Gasteiger partial charge is 0.454 e. The lowest BCUT2D eigenvalue weighted by molar-refractivity contribution is -0.384. The van der Waals surface area contributed by atoms with Crippen LogP contribution in [-0.2, 0) is 39.7 Å². The topological polar surface area (TPSA) is 162 Å². The van der Waals surface area contributed by atoms with Crippen molar-refractivity contribution in [3.8, 4) is 0 Å². The molecule has 3 amide bonds. The first-order chi connectivity index (χ1) is 18.9. The van der Waals surface area contributed by atoms with Gasteiger partial charge in [0.15, 0.2) is 13.4 Å². The zero-order chi connectivity index (χ0) is 30.9. The van der Waals surface area contributed by atoms with Gasteiger partial charge in [-0.25, -0.2) is 4.79 Å². The number of esters is 1. The van der Waals surface area contributed by atoms with Crippen molar-refractivity contribution in [2.75, 3.05) is 6.54 Å². The lowest BCUT2D eigenvalue weighted by Crippen LogP contribution is -2.66. The number of hydrogen-bond donors (Lipinski definition) is 1. The van der Waals surface area contributed by atoms with Crippen molar-refractivity contribution in [3.63, 3.8) is 0 Å². The van der Waals surface area contributed by atoms with E-state index in [0.29, 0.717) is 5.56 Å². The number of carbonyl (C=O) groups excluding carboxylic acids is 5. The van der Waals surface area contributed by atoms with Crippen LogP contribution in [0.3, 0.4) is 0 Å². The number of β-lactam (4-membered cyclic amide) rings is 1. The maximum Gasteiger partial charge on any atom is 0.397 e. The third kappa shape index (κ3) is 7.40. The van der Waals surface area contributed by atoms with Gasteiger partial charge in [0.05, 0.1) is 23.0 Å². The van der Waals surface area contributed by atoms with Gasteiger partial charge in [-0.2, -0.15) is 0 Å². The van der Waals surface area contributed by atoms with E-state index >= 15 is 0 Å². The highest BCUT2D eigenvalue weighted by Gasteiger charge is 2.51. The summed E-state index contributed by atoms with van der Waals surface area (Å²) in [5.74, 6) is -4.16. The summed E-state index contributed by atoms with van der Waals surface area (Å²) in [7, 11) is -2.14. The van der Waals surface area contributed by atoms with E-state index in [1.165, 1.54) is 24.3 Å². The number of nitrogens with zero attached hydrogens (tertiary/aromatic N) is 2. The van der Waals surface area contributed by atoms with Crippen LogP contribution in [0.15, 0.2) is 24.3 Å². The third-order valence-corrected chi connectivity index (χ3v) is 13.8. The zero-order valence-corrected chi connectivity index (χ0v) is 26.1. The Morgan fingerprint density at radius 1 is 1.17 bits per heavy atom. The minimum absolute atomic E-state index is 0.0380. The summed E-state index contributed by atoms with van der Waals surface area (Å²) >= 11 is 0.932. The maximum absolute atomic E-state index is 13.1. The first kappa shape index (κ1) is 32.4. The minimum Gasteiger partial charge on any atom is -0.454 e. The van der Waals surface area contributed by atoms with Gasteiger partial charge in [-0.15, -0.1) is 0 Å².